The number of hydrogen-bond acceptors (Lipinski definition) is 4. The van der Waals surface area contributed by atoms with Crippen LogP contribution in [0.4, 0.5) is 5.69 Å². The molecule has 1 unspecified atom stereocenters. The standard InChI is InChI=1S/C20H27ClN4O2/c1-27-18-6-5-16(13-17(18)21)24-20(26)7-4-15-3-2-11-25(14-15)12-8-19-22-9-10-23-19/h5-6,9-10,13,15H,2-4,7-8,11-12,14H2,1H3,(H,22,23)(H,24,26). The average molecular weight is 391 g/mol. The van der Waals surface area contributed by atoms with Crippen LogP contribution in [0.25, 0.3) is 0 Å². The van der Waals surface area contributed by atoms with Gasteiger partial charge < -0.3 is 19.9 Å². The molecule has 1 amide bonds. The van der Waals surface area contributed by atoms with Crippen molar-refractivity contribution in [2.45, 2.75) is 32.1 Å². The Labute approximate surface area is 165 Å². The quantitative estimate of drug-likeness (QED) is 0.720. The van der Waals surface area contributed by atoms with Gasteiger partial charge in [0.1, 0.15) is 11.6 Å². The molecule has 3 rings (SSSR count). The van der Waals surface area contributed by atoms with E-state index in [1.807, 2.05) is 6.20 Å². The second-order valence-corrected chi connectivity index (χ2v) is 7.44. The van der Waals surface area contributed by atoms with Gasteiger partial charge in [-0.05, 0) is 49.9 Å². The summed E-state index contributed by atoms with van der Waals surface area (Å²) in [7, 11) is 1.57. The lowest BCUT2D eigenvalue weighted by Crippen LogP contribution is -2.37. The maximum atomic E-state index is 12.3. The zero-order valence-electron chi connectivity index (χ0n) is 15.7. The molecular weight excluding hydrogens is 364 g/mol. The number of methoxy groups -OCH3 is 1. The number of carbonyl (C=O) groups excluding carboxylic acids is 1. The highest BCUT2D eigenvalue weighted by molar-refractivity contribution is 6.32. The van der Waals surface area contributed by atoms with E-state index in [2.05, 4.69) is 20.2 Å². The van der Waals surface area contributed by atoms with Crippen molar-refractivity contribution in [1.29, 1.82) is 0 Å². The van der Waals surface area contributed by atoms with Crippen molar-refractivity contribution in [3.05, 3.63) is 41.4 Å². The molecule has 0 radical (unpaired) electrons. The number of anilines is 1. The van der Waals surface area contributed by atoms with Crippen LogP contribution in [0.15, 0.2) is 30.6 Å². The molecule has 2 heterocycles. The van der Waals surface area contributed by atoms with E-state index < -0.39 is 0 Å². The van der Waals surface area contributed by atoms with Gasteiger partial charge in [-0.1, -0.05) is 11.6 Å². The highest BCUT2D eigenvalue weighted by atomic mass is 35.5. The molecule has 1 atom stereocenters. The van der Waals surface area contributed by atoms with Gasteiger partial charge in [-0.3, -0.25) is 4.79 Å². The van der Waals surface area contributed by atoms with Crippen LogP contribution in [0.2, 0.25) is 5.02 Å². The maximum Gasteiger partial charge on any atom is 0.224 e. The van der Waals surface area contributed by atoms with E-state index in [1.165, 1.54) is 12.8 Å². The number of carbonyl (C=O) groups is 1. The van der Waals surface area contributed by atoms with Crippen molar-refractivity contribution in [2.75, 3.05) is 32.1 Å². The number of hydrogen-bond donors (Lipinski definition) is 2. The SMILES string of the molecule is COc1ccc(NC(=O)CCC2CCCN(CCc3ncc[nH]3)C2)cc1Cl. The van der Waals surface area contributed by atoms with Gasteiger partial charge in [0.2, 0.25) is 5.91 Å². The van der Waals surface area contributed by atoms with E-state index in [0.29, 0.717) is 28.8 Å². The van der Waals surface area contributed by atoms with Gasteiger partial charge in [-0.15, -0.1) is 0 Å². The van der Waals surface area contributed by atoms with Gasteiger partial charge >= 0.3 is 0 Å². The minimum atomic E-state index is 0.0314. The van der Waals surface area contributed by atoms with Gasteiger partial charge in [0.15, 0.2) is 0 Å². The largest absolute Gasteiger partial charge is 0.495 e. The Hall–Kier alpha value is -2.05. The molecule has 0 bridgehead atoms. The first-order valence-corrected chi connectivity index (χ1v) is 9.86. The van der Waals surface area contributed by atoms with E-state index in [9.17, 15) is 4.79 Å². The summed E-state index contributed by atoms with van der Waals surface area (Å²) in [6.07, 6.45) is 8.43. The third-order valence-electron chi connectivity index (χ3n) is 5.04. The molecule has 1 saturated heterocycles. The first-order valence-electron chi connectivity index (χ1n) is 9.48. The Bertz CT molecular complexity index is 736. The molecule has 6 nitrogen and oxygen atoms in total. The topological polar surface area (TPSA) is 70.2 Å². The number of rotatable bonds is 8. The van der Waals surface area contributed by atoms with Crippen LogP contribution in [0.1, 0.15) is 31.5 Å². The van der Waals surface area contributed by atoms with Crippen molar-refractivity contribution < 1.29 is 9.53 Å². The summed E-state index contributed by atoms with van der Waals surface area (Å²) in [4.78, 5) is 22.2. The zero-order valence-corrected chi connectivity index (χ0v) is 16.5. The molecule has 1 aliphatic heterocycles. The van der Waals surface area contributed by atoms with Crippen LogP contribution in [-0.2, 0) is 11.2 Å². The normalized spacial score (nSPS) is 17.6. The van der Waals surface area contributed by atoms with Gasteiger partial charge in [0.25, 0.3) is 0 Å². The molecular formula is C20H27ClN4O2. The molecule has 0 spiro atoms. The molecule has 1 aromatic heterocycles. The summed E-state index contributed by atoms with van der Waals surface area (Å²) in [5.74, 6) is 2.24. The van der Waals surface area contributed by atoms with Crippen molar-refractivity contribution >= 4 is 23.2 Å². The molecule has 2 aromatic rings. The molecule has 1 aliphatic rings. The van der Waals surface area contributed by atoms with Gasteiger partial charge in [0, 0.05) is 44.0 Å². The highest BCUT2D eigenvalue weighted by Crippen LogP contribution is 2.27. The first kappa shape index (κ1) is 19.7. The second-order valence-electron chi connectivity index (χ2n) is 7.03. The molecule has 146 valence electrons. The van der Waals surface area contributed by atoms with E-state index in [4.69, 9.17) is 16.3 Å². The first-order chi connectivity index (χ1) is 13.1. The average Bonchev–Trinajstić information content (AvgIpc) is 3.19. The summed E-state index contributed by atoms with van der Waals surface area (Å²) >= 11 is 6.11. The zero-order chi connectivity index (χ0) is 19.1. The molecule has 0 saturated carbocycles. The molecule has 1 aromatic carbocycles. The number of halogens is 1. The Kier molecular flexibility index (Phi) is 7.12. The minimum Gasteiger partial charge on any atom is -0.495 e. The predicted octanol–water partition coefficient (Wildman–Crippen LogP) is 3.75. The number of aromatic nitrogens is 2. The molecule has 7 heteroatoms. The van der Waals surface area contributed by atoms with Gasteiger partial charge in [0.05, 0.1) is 12.1 Å². The van der Waals surface area contributed by atoms with Crippen molar-refractivity contribution in [3.8, 4) is 5.75 Å². The Morgan fingerprint density at radius 2 is 2.37 bits per heavy atom. The number of likely N-dealkylation sites (tertiary alicyclic amines) is 1. The van der Waals surface area contributed by atoms with Gasteiger partial charge in [-0.2, -0.15) is 0 Å². The molecule has 1 fully saturated rings. The van der Waals surface area contributed by atoms with Crippen LogP contribution in [0, 0.1) is 5.92 Å². The molecule has 2 N–H and O–H groups in total. The third kappa shape index (κ3) is 5.97. The number of benzene rings is 1. The fourth-order valence-electron chi connectivity index (χ4n) is 3.59. The van der Waals surface area contributed by atoms with E-state index in [-0.39, 0.29) is 5.91 Å². The summed E-state index contributed by atoms with van der Waals surface area (Å²) < 4.78 is 5.13. The minimum absolute atomic E-state index is 0.0314. The number of nitrogens with one attached hydrogen (secondary N) is 2. The maximum absolute atomic E-state index is 12.3. The van der Waals surface area contributed by atoms with Crippen LogP contribution >= 0.6 is 11.6 Å². The Morgan fingerprint density at radius 3 is 3.11 bits per heavy atom. The monoisotopic (exact) mass is 390 g/mol. The lowest BCUT2D eigenvalue weighted by atomic mass is 9.93. The summed E-state index contributed by atoms with van der Waals surface area (Å²) in [5.41, 5.74) is 0.703. The molecule has 27 heavy (non-hydrogen) atoms. The summed E-state index contributed by atoms with van der Waals surface area (Å²) in [6, 6.07) is 5.28. The van der Waals surface area contributed by atoms with Gasteiger partial charge in [-0.25, -0.2) is 4.98 Å². The van der Waals surface area contributed by atoms with Crippen molar-refractivity contribution in [2.24, 2.45) is 5.92 Å². The Morgan fingerprint density at radius 1 is 1.48 bits per heavy atom. The van der Waals surface area contributed by atoms with E-state index >= 15 is 0 Å². The number of nitrogens with zero attached hydrogens (tertiary/aromatic N) is 2. The summed E-state index contributed by atoms with van der Waals surface area (Å²) in [6.45, 7) is 3.21. The van der Waals surface area contributed by atoms with Crippen molar-refractivity contribution in [3.63, 3.8) is 0 Å². The van der Waals surface area contributed by atoms with Crippen LogP contribution in [0.5, 0.6) is 5.75 Å². The summed E-state index contributed by atoms with van der Waals surface area (Å²) in [5, 5.41) is 3.42. The number of aromatic amines is 1. The molecule has 0 aliphatic carbocycles. The van der Waals surface area contributed by atoms with Crippen LogP contribution in [0.3, 0.4) is 0 Å². The number of imidazole rings is 1. The smallest absolute Gasteiger partial charge is 0.224 e. The highest BCUT2D eigenvalue weighted by Gasteiger charge is 2.20. The second kappa shape index (κ2) is 9.76. The van der Waals surface area contributed by atoms with Crippen molar-refractivity contribution in [1.82, 2.24) is 14.9 Å². The number of ether oxygens (including phenoxy) is 1. The fraction of sp³-hybridized carbons (Fsp3) is 0.500. The number of piperidine rings is 1. The third-order valence-corrected chi connectivity index (χ3v) is 5.33. The fourth-order valence-corrected chi connectivity index (χ4v) is 3.85. The van der Waals surface area contributed by atoms with E-state index in [1.54, 1.807) is 31.5 Å². The lowest BCUT2D eigenvalue weighted by molar-refractivity contribution is -0.116. The van der Waals surface area contributed by atoms with Crippen LogP contribution < -0.4 is 10.1 Å². The number of H-pyrrole nitrogens is 1. The number of amides is 1. The predicted molar refractivity (Wildman–Crippen MR) is 107 cm³/mol. The van der Waals surface area contributed by atoms with Crippen LogP contribution in [-0.4, -0.2) is 47.5 Å². The lowest BCUT2D eigenvalue weighted by Gasteiger charge is -2.32. The Balaban J connectivity index is 1.40. The van der Waals surface area contributed by atoms with E-state index in [0.717, 1.165) is 38.3 Å².